The lowest BCUT2D eigenvalue weighted by molar-refractivity contribution is 0.0321. The summed E-state index contributed by atoms with van der Waals surface area (Å²) in [6.07, 6.45) is 6.19. The van der Waals surface area contributed by atoms with Crippen LogP contribution in [0.2, 0.25) is 0 Å². The number of hydrogen-bond acceptors (Lipinski definition) is 5. The lowest BCUT2D eigenvalue weighted by Gasteiger charge is -2.22. The van der Waals surface area contributed by atoms with E-state index in [9.17, 15) is 8.42 Å². The summed E-state index contributed by atoms with van der Waals surface area (Å²) in [7, 11) is -3.46. The van der Waals surface area contributed by atoms with Gasteiger partial charge >= 0.3 is 0 Å². The van der Waals surface area contributed by atoms with Crippen molar-refractivity contribution in [3.63, 3.8) is 0 Å². The van der Waals surface area contributed by atoms with E-state index in [-0.39, 0.29) is 6.54 Å². The van der Waals surface area contributed by atoms with Crippen molar-refractivity contribution < 1.29 is 13.2 Å². The third-order valence-corrected chi connectivity index (χ3v) is 6.10. The molecule has 0 atom stereocenters. The molecule has 114 valence electrons. The highest BCUT2D eigenvalue weighted by molar-refractivity contribution is 7.89. The molecule has 0 aromatic carbocycles. The van der Waals surface area contributed by atoms with Crippen LogP contribution < -0.4 is 10.5 Å². The van der Waals surface area contributed by atoms with Crippen LogP contribution in [0.5, 0.6) is 0 Å². The number of sulfonamides is 1. The van der Waals surface area contributed by atoms with Gasteiger partial charge in [-0.3, -0.25) is 0 Å². The first-order chi connectivity index (χ1) is 9.63. The number of thiophene rings is 1. The Balaban J connectivity index is 1.78. The van der Waals surface area contributed by atoms with Crippen molar-refractivity contribution in [3.8, 4) is 0 Å². The summed E-state index contributed by atoms with van der Waals surface area (Å²) in [5.74, 6) is 0. The number of nitrogens with one attached hydrogen (secondary N) is 1. The Morgan fingerprint density at radius 2 is 2.10 bits per heavy atom. The molecule has 1 saturated carbocycles. The minimum atomic E-state index is -3.46. The fraction of sp³-hybridized carbons (Fsp3) is 0.692. The molecule has 0 unspecified atom stereocenters. The van der Waals surface area contributed by atoms with Gasteiger partial charge in [-0.1, -0.05) is 19.3 Å². The van der Waals surface area contributed by atoms with Crippen molar-refractivity contribution in [1.29, 1.82) is 0 Å². The second kappa shape index (κ2) is 7.51. The molecule has 2 rings (SSSR count). The average Bonchev–Trinajstić information content (AvgIpc) is 2.94. The summed E-state index contributed by atoms with van der Waals surface area (Å²) in [5.41, 5.74) is 5.54. The van der Waals surface area contributed by atoms with Crippen LogP contribution >= 0.6 is 11.3 Å². The zero-order chi connectivity index (χ0) is 14.4. The Labute approximate surface area is 124 Å². The third kappa shape index (κ3) is 4.26. The molecule has 0 spiro atoms. The van der Waals surface area contributed by atoms with Crippen LogP contribution in [0.15, 0.2) is 16.3 Å². The van der Waals surface area contributed by atoms with Gasteiger partial charge in [0.15, 0.2) is 0 Å². The van der Waals surface area contributed by atoms with Crippen molar-refractivity contribution in [2.45, 2.75) is 49.6 Å². The van der Waals surface area contributed by atoms with Crippen LogP contribution in [0.4, 0.5) is 0 Å². The number of ether oxygens (including phenoxy) is 1. The molecule has 1 aromatic rings. The number of rotatable bonds is 7. The summed E-state index contributed by atoms with van der Waals surface area (Å²) in [4.78, 5) is 0.980. The average molecular weight is 318 g/mol. The Morgan fingerprint density at radius 3 is 2.80 bits per heavy atom. The maximum absolute atomic E-state index is 12.1. The van der Waals surface area contributed by atoms with Gasteiger partial charge in [0.2, 0.25) is 10.0 Å². The van der Waals surface area contributed by atoms with E-state index in [1.54, 1.807) is 11.4 Å². The van der Waals surface area contributed by atoms with Crippen molar-refractivity contribution in [2.24, 2.45) is 5.73 Å². The van der Waals surface area contributed by atoms with Gasteiger partial charge in [0.25, 0.3) is 0 Å². The van der Waals surface area contributed by atoms with E-state index in [0.29, 0.717) is 29.0 Å². The molecule has 0 amide bonds. The molecule has 1 aliphatic carbocycles. The molecule has 5 nitrogen and oxygen atoms in total. The highest BCUT2D eigenvalue weighted by atomic mass is 32.2. The fourth-order valence-corrected chi connectivity index (χ4v) is 4.77. The largest absolute Gasteiger partial charge is 0.377 e. The van der Waals surface area contributed by atoms with Gasteiger partial charge in [-0.15, -0.1) is 11.3 Å². The molecule has 20 heavy (non-hydrogen) atoms. The van der Waals surface area contributed by atoms with Crippen molar-refractivity contribution in [3.05, 3.63) is 16.3 Å². The standard InChI is InChI=1S/C13H22N2O3S2/c14-10-12-13(6-9-19-12)20(16,17)15-7-8-18-11-4-2-1-3-5-11/h6,9,11,15H,1-5,7-8,10,14H2. The molecule has 3 N–H and O–H groups in total. The van der Waals surface area contributed by atoms with Gasteiger partial charge in [0, 0.05) is 18.0 Å². The van der Waals surface area contributed by atoms with Crippen molar-refractivity contribution in [1.82, 2.24) is 4.72 Å². The summed E-state index contributed by atoms with van der Waals surface area (Å²) < 4.78 is 32.5. The lowest BCUT2D eigenvalue weighted by Crippen LogP contribution is -2.29. The number of nitrogens with two attached hydrogens (primary N) is 1. The first-order valence-electron chi connectivity index (χ1n) is 7.01. The van der Waals surface area contributed by atoms with Gasteiger partial charge < -0.3 is 10.5 Å². The first-order valence-corrected chi connectivity index (χ1v) is 9.37. The smallest absolute Gasteiger partial charge is 0.241 e. The topological polar surface area (TPSA) is 81.4 Å². The van der Waals surface area contributed by atoms with Crippen LogP contribution in [0.1, 0.15) is 37.0 Å². The van der Waals surface area contributed by atoms with Crippen LogP contribution in [0.25, 0.3) is 0 Å². The molecule has 1 fully saturated rings. The Kier molecular flexibility index (Phi) is 5.98. The monoisotopic (exact) mass is 318 g/mol. The van der Waals surface area contributed by atoms with E-state index < -0.39 is 10.0 Å². The SMILES string of the molecule is NCc1sccc1S(=O)(=O)NCCOC1CCCCC1. The second-order valence-electron chi connectivity index (χ2n) is 4.94. The predicted molar refractivity (Wildman–Crippen MR) is 80.2 cm³/mol. The second-order valence-corrected chi connectivity index (χ2v) is 7.68. The molecule has 0 saturated heterocycles. The molecule has 7 heteroatoms. The third-order valence-electron chi connectivity index (χ3n) is 3.48. The molecule has 1 aromatic heterocycles. The minimum absolute atomic E-state index is 0.243. The van der Waals surface area contributed by atoms with E-state index in [4.69, 9.17) is 10.5 Å². The summed E-state index contributed by atoms with van der Waals surface area (Å²) in [5, 5.41) is 1.75. The van der Waals surface area contributed by atoms with Gasteiger partial charge in [0.05, 0.1) is 17.6 Å². The van der Waals surface area contributed by atoms with E-state index >= 15 is 0 Å². The fourth-order valence-electron chi connectivity index (χ4n) is 2.43. The summed E-state index contributed by atoms with van der Waals surface area (Å²) >= 11 is 1.36. The van der Waals surface area contributed by atoms with E-state index in [1.807, 2.05) is 0 Å². The summed E-state index contributed by atoms with van der Waals surface area (Å²) in [6, 6.07) is 1.59. The Morgan fingerprint density at radius 1 is 1.35 bits per heavy atom. The van der Waals surface area contributed by atoms with E-state index in [0.717, 1.165) is 12.8 Å². The molecule has 0 radical (unpaired) electrons. The first kappa shape index (κ1) is 15.9. The van der Waals surface area contributed by atoms with E-state index in [1.165, 1.54) is 30.6 Å². The van der Waals surface area contributed by atoms with E-state index in [2.05, 4.69) is 4.72 Å². The molecule has 0 aliphatic heterocycles. The maximum Gasteiger partial charge on any atom is 0.241 e. The molecular weight excluding hydrogens is 296 g/mol. The van der Waals surface area contributed by atoms with Gasteiger partial charge in [-0.2, -0.15) is 0 Å². The van der Waals surface area contributed by atoms with Crippen LogP contribution in [-0.2, 0) is 21.3 Å². The minimum Gasteiger partial charge on any atom is -0.377 e. The predicted octanol–water partition coefficient (Wildman–Crippen LogP) is 1.83. The van der Waals surface area contributed by atoms with Crippen LogP contribution in [0, 0.1) is 0 Å². The quantitative estimate of drug-likeness (QED) is 0.752. The molecular formula is C13H22N2O3S2. The maximum atomic E-state index is 12.1. The van der Waals surface area contributed by atoms with Gasteiger partial charge in [-0.05, 0) is 24.3 Å². The Bertz CT molecular complexity index is 507. The summed E-state index contributed by atoms with van der Waals surface area (Å²) in [6.45, 7) is 0.969. The zero-order valence-electron chi connectivity index (χ0n) is 11.5. The van der Waals surface area contributed by atoms with Crippen molar-refractivity contribution in [2.75, 3.05) is 13.2 Å². The molecule has 1 heterocycles. The highest BCUT2D eigenvalue weighted by Gasteiger charge is 2.19. The van der Waals surface area contributed by atoms with Crippen LogP contribution in [0.3, 0.4) is 0 Å². The van der Waals surface area contributed by atoms with Crippen LogP contribution in [-0.4, -0.2) is 27.7 Å². The Hall–Kier alpha value is -0.470. The molecule has 1 aliphatic rings. The number of hydrogen-bond donors (Lipinski definition) is 2. The van der Waals surface area contributed by atoms with Crippen molar-refractivity contribution >= 4 is 21.4 Å². The highest BCUT2D eigenvalue weighted by Crippen LogP contribution is 2.21. The van der Waals surface area contributed by atoms with Gasteiger partial charge in [-0.25, -0.2) is 13.1 Å². The lowest BCUT2D eigenvalue weighted by atomic mass is 9.98. The zero-order valence-corrected chi connectivity index (χ0v) is 13.1. The molecule has 0 bridgehead atoms. The van der Waals surface area contributed by atoms with Gasteiger partial charge in [0.1, 0.15) is 0 Å². The normalized spacial score (nSPS) is 17.4.